The average Bonchev–Trinajstić information content (AvgIpc) is 2.50. The molecular weight excluding hydrogens is 229 g/mol. The smallest absolute Gasteiger partial charge is 0.323 e. The number of halogens is 3. The van der Waals surface area contributed by atoms with E-state index in [4.69, 9.17) is 5.73 Å². The van der Waals surface area contributed by atoms with Crippen LogP contribution in [0.4, 0.5) is 13.2 Å². The molecule has 1 unspecified atom stereocenters. The number of nitrogens with two attached hydrogens (primary N) is 1. The lowest BCUT2D eigenvalue weighted by Gasteiger charge is -2.04. The molecule has 1 aromatic heterocycles. The van der Waals surface area contributed by atoms with Gasteiger partial charge in [-0.2, -0.15) is 13.2 Å². The number of hydrogen-bond acceptors (Lipinski definition) is 4. The summed E-state index contributed by atoms with van der Waals surface area (Å²) in [4.78, 5) is 0. The number of aryl methyl sites for hydroxylation is 1. The van der Waals surface area contributed by atoms with Gasteiger partial charge in [0.05, 0.1) is 18.4 Å². The summed E-state index contributed by atoms with van der Waals surface area (Å²) in [6, 6.07) is -0.256. The van der Waals surface area contributed by atoms with Crippen LogP contribution in [0.1, 0.15) is 18.7 Å². The van der Waals surface area contributed by atoms with E-state index in [1.807, 2.05) is 0 Å². The van der Waals surface area contributed by atoms with Gasteiger partial charge in [-0.05, 0) is 18.7 Å². The summed E-state index contributed by atoms with van der Waals surface area (Å²) in [5.41, 5.74) is 1.91. The third kappa shape index (κ3) is 4.52. The largest absolute Gasteiger partial charge is 0.441 e. The number of alkyl halides is 3. The lowest BCUT2D eigenvalue weighted by Crippen LogP contribution is -2.07. The Morgan fingerprint density at radius 1 is 1.60 bits per heavy atom. The van der Waals surface area contributed by atoms with Gasteiger partial charge in [0.15, 0.2) is 0 Å². The standard InChI is InChI=1S/C7H11F3N4S/c1-5(11)6-4-14(13-12-6)2-3-15-7(8,9)10/h4-5H,2-3,11H2,1H3. The summed E-state index contributed by atoms with van der Waals surface area (Å²) < 4.78 is 36.7. The molecule has 15 heavy (non-hydrogen) atoms. The van der Waals surface area contributed by atoms with E-state index in [1.54, 1.807) is 13.1 Å². The first-order valence-electron chi connectivity index (χ1n) is 4.25. The fourth-order valence-electron chi connectivity index (χ4n) is 0.886. The van der Waals surface area contributed by atoms with E-state index in [1.165, 1.54) is 4.68 Å². The van der Waals surface area contributed by atoms with Crippen LogP contribution in [0.2, 0.25) is 0 Å². The Morgan fingerprint density at radius 2 is 2.27 bits per heavy atom. The van der Waals surface area contributed by atoms with Crippen LogP contribution < -0.4 is 5.73 Å². The zero-order valence-electron chi connectivity index (χ0n) is 8.03. The van der Waals surface area contributed by atoms with E-state index in [-0.39, 0.29) is 30.1 Å². The SMILES string of the molecule is CC(N)c1cn(CCSC(F)(F)F)nn1. The zero-order chi connectivity index (χ0) is 11.5. The molecule has 1 heterocycles. The molecule has 1 atom stereocenters. The van der Waals surface area contributed by atoms with Gasteiger partial charge in [0.25, 0.3) is 0 Å². The molecule has 0 fully saturated rings. The topological polar surface area (TPSA) is 56.7 Å². The summed E-state index contributed by atoms with van der Waals surface area (Å²) in [5.74, 6) is -0.0781. The van der Waals surface area contributed by atoms with E-state index < -0.39 is 5.51 Å². The van der Waals surface area contributed by atoms with Gasteiger partial charge in [0.1, 0.15) is 0 Å². The van der Waals surface area contributed by atoms with Crippen molar-refractivity contribution in [2.45, 2.75) is 25.0 Å². The molecule has 0 radical (unpaired) electrons. The first kappa shape index (κ1) is 12.3. The Morgan fingerprint density at radius 3 is 2.73 bits per heavy atom. The molecule has 0 saturated heterocycles. The molecule has 8 heteroatoms. The maximum absolute atomic E-state index is 11.8. The maximum atomic E-state index is 11.8. The Hall–Kier alpha value is -0.760. The van der Waals surface area contributed by atoms with Crippen LogP contribution in [0, 0.1) is 0 Å². The highest BCUT2D eigenvalue weighted by molar-refractivity contribution is 8.00. The van der Waals surface area contributed by atoms with Crippen molar-refractivity contribution in [3.63, 3.8) is 0 Å². The third-order valence-electron chi connectivity index (χ3n) is 1.61. The van der Waals surface area contributed by atoms with Gasteiger partial charge in [-0.25, -0.2) is 0 Å². The molecule has 0 spiro atoms. The molecule has 2 N–H and O–H groups in total. The first-order chi connectivity index (χ1) is 6.88. The highest BCUT2D eigenvalue weighted by Gasteiger charge is 2.27. The Labute approximate surface area is 89.0 Å². The fraction of sp³-hybridized carbons (Fsp3) is 0.714. The highest BCUT2D eigenvalue weighted by atomic mass is 32.2. The normalized spacial score (nSPS) is 14.2. The van der Waals surface area contributed by atoms with Crippen LogP contribution in [-0.4, -0.2) is 26.3 Å². The second-order valence-corrected chi connectivity index (χ2v) is 4.15. The summed E-state index contributed by atoms with van der Waals surface area (Å²) in [7, 11) is 0. The first-order valence-corrected chi connectivity index (χ1v) is 5.23. The third-order valence-corrected chi connectivity index (χ3v) is 2.32. The molecule has 0 aliphatic heterocycles. The van der Waals surface area contributed by atoms with Crippen LogP contribution in [0.5, 0.6) is 0 Å². The van der Waals surface area contributed by atoms with Gasteiger partial charge in [-0.3, -0.25) is 4.68 Å². The minimum absolute atomic E-state index is 0.0738. The quantitative estimate of drug-likeness (QED) is 0.867. The summed E-state index contributed by atoms with van der Waals surface area (Å²) in [6.45, 7) is 1.91. The van der Waals surface area contributed by atoms with Crippen molar-refractivity contribution in [3.05, 3.63) is 11.9 Å². The van der Waals surface area contributed by atoms with Crippen molar-refractivity contribution < 1.29 is 13.2 Å². The molecule has 0 aliphatic rings. The molecule has 1 aromatic rings. The van der Waals surface area contributed by atoms with Gasteiger partial charge in [-0.1, -0.05) is 5.21 Å². The number of rotatable bonds is 4. The van der Waals surface area contributed by atoms with E-state index in [0.29, 0.717) is 5.69 Å². The molecule has 0 bridgehead atoms. The molecule has 86 valence electrons. The highest BCUT2D eigenvalue weighted by Crippen LogP contribution is 2.29. The van der Waals surface area contributed by atoms with Crippen molar-refractivity contribution in [3.8, 4) is 0 Å². The van der Waals surface area contributed by atoms with Crippen LogP contribution in [0.25, 0.3) is 0 Å². The van der Waals surface area contributed by atoms with E-state index in [2.05, 4.69) is 10.3 Å². The second-order valence-electron chi connectivity index (χ2n) is 2.99. The molecule has 0 amide bonds. The molecule has 0 aromatic carbocycles. The predicted molar refractivity (Wildman–Crippen MR) is 51.1 cm³/mol. The van der Waals surface area contributed by atoms with Crippen molar-refractivity contribution in [1.29, 1.82) is 0 Å². The number of hydrogen-bond donors (Lipinski definition) is 1. The number of thioether (sulfide) groups is 1. The van der Waals surface area contributed by atoms with Crippen LogP contribution in [0.3, 0.4) is 0 Å². The maximum Gasteiger partial charge on any atom is 0.441 e. The van der Waals surface area contributed by atoms with Crippen LogP contribution in [-0.2, 0) is 6.54 Å². The lowest BCUT2D eigenvalue weighted by atomic mass is 10.3. The van der Waals surface area contributed by atoms with Crippen molar-refractivity contribution in [2.24, 2.45) is 5.73 Å². The van der Waals surface area contributed by atoms with Gasteiger partial charge in [-0.15, -0.1) is 5.10 Å². The molecular formula is C7H11F3N4S. The summed E-state index contributed by atoms with van der Waals surface area (Å²) >= 11 is -0.0738. The predicted octanol–water partition coefficient (Wildman–Crippen LogP) is 1.55. The summed E-state index contributed by atoms with van der Waals surface area (Å²) in [6.07, 6.45) is 1.56. The van der Waals surface area contributed by atoms with Crippen molar-refractivity contribution in [2.75, 3.05) is 5.75 Å². The number of nitrogens with zero attached hydrogens (tertiary/aromatic N) is 3. The zero-order valence-corrected chi connectivity index (χ0v) is 8.85. The van der Waals surface area contributed by atoms with Gasteiger partial charge in [0.2, 0.25) is 0 Å². The number of aromatic nitrogens is 3. The van der Waals surface area contributed by atoms with Gasteiger partial charge >= 0.3 is 5.51 Å². The monoisotopic (exact) mass is 240 g/mol. The van der Waals surface area contributed by atoms with Crippen LogP contribution in [0.15, 0.2) is 6.20 Å². The average molecular weight is 240 g/mol. The van der Waals surface area contributed by atoms with E-state index >= 15 is 0 Å². The van der Waals surface area contributed by atoms with Crippen LogP contribution >= 0.6 is 11.8 Å². The molecule has 0 aliphatic carbocycles. The fourth-order valence-corrected chi connectivity index (χ4v) is 1.40. The van der Waals surface area contributed by atoms with E-state index in [0.717, 1.165) is 0 Å². The molecule has 1 rings (SSSR count). The van der Waals surface area contributed by atoms with Gasteiger partial charge in [0, 0.05) is 11.8 Å². The Kier molecular flexibility index (Phi) is 3.97. The molecule has 4 nitrogen and oxygen atoms in total. The van der Waals surface area contributed by atoms with E-state index in [9.17, 15) is 13.2 Å². The minimum atomic E-state index is -4.19. The molecule has 0 saturated carbocycles. The summed E-state index contributed by atoms with van der Waals surface area (Å²) in [5, 5.41) is 7.39. The lowest BCUT2D eigenvalue weighted by molar-refractivity contribution is -0.0328. The second kappa shape index (κ2) is 4.84. The van der Waals surface area contributed by atoms with Crippen molar-refractivity contribution in [1.82, 2.24) is 15.0 Å². The minimum Gasteiger partial charge on any atom is -0.323 e. The van der Waals surface area contributed by atoms with Gasteiger partial charge < -0.3 is 5.73 Å². The Bertz CT molecular complexity index is 309. The van der Waals surface area contributed by atoms with Crippen molar-refractivity contribution >= 4 is 11.8 Å². The Balaban J connectivity index is 2.38.